The van der Waals surface area contributed by atoms with Gasteiger partial charge in [-0.25, -0.2) is 17.8 Å². The van der Waals surface area contributed by atoms with Crippen LogP contribution in [0.15, 0.2) is 75.1 Å². The van der Waals surface area contributed by atoms with E-state index in [1.165, 1.54) is 12.1 Å². The van der Waals surface area contributed by atoms with Gasteiger partial charge in [-0.05, 0) is 47.1 Å². The monoisotopic (exact) mass is 420 g/mol. The maximum Gasteiger partial charge on any atom is 0.349 e. The number of carbonyl (C=O) groups is 1. The van der Waals surface area contributed by atoms with Gasteiger partial charge in [-0.2, -0.15) is 3.97 Å². The number of nitrogens with zero attached hydrogens (tertiary/aromatic N) is 2. The summed E-state index contributed by atoms with van der Waals surface area (Å²) in [6.45, 7) is 1.83. The Balaban J connectivity index is 2.08. The van der Waals surface area contributed by atoms with Gasteiger partial charge in [0.1, 0.15) is 0 Å². The van der Waals surface area contributed by atoms with Crippen LogP contribution in [0, 0.1) is 6.92 Å². The zero-order chi connectivity index (χ0) is 18.2. The molecule has 0 amide bonds. The van der Waals surface area contributed by atoms with Crippen LogP contribution in [0.4, 0.5) is 0 Å². The molecule has 0 spiro atoms. The summed E-state index contributed by atoms with van der Waals surface area (Å²) in [6.07, 6.45) is 2.22. The lowest BCUT2D eigenvalue weighted by Gasteiger charge is -2.05. The van der Waals surface area contributed by atoms with Crippen LogP contribution < -0.4 is 5.69 Å². The zero-order valence-corrected chi connectivity index (χ0v) is 15.5. The van der Waals surface area contributed by atoms with Gasteiger partial charge in [-0.3, -0.25) is 4.79 Å². The molecule has 0 aliphatic rings. The summed E-state index contributed by atoms with van der Waals surface area (Å²) in [5, 5.41) is 0. The number of aryl methyl sites for hydroxylation is 1. The van der Waals surface area contributed by atoms with E-state index in [4.69, 9.17) is 0 Å². The molecule has 3 aromatic rings. The fraction of sp³-hybridized carbons (Fsp3) is 0.0588. The average Bonchev–Trinajstić information content (AvgIpc) is 2.97. The molecule has 0 unspecified atom stereocenters. The van der Waals surface area contributed by atoms with Crippen molar-refractivity contribution in [3.8, 4) is 0 Å². The number of aromatic nitrogens is 2. The van der Waals surface area contributed by atoms with Crippen molar-refractivity contribution in [3.05, 3.63) is 87.0 Å². The van der Waals surface area contributed by atoms with Gasteiger partial charge in [0.2, 0.25) is 0 Å². The Morgan fingerprint density at radius 3 is 2.28 bits per heavy atom. The molecule has 1 heterocycles. The largest absolute Gasteiger partial charge is 0.349 e. The fourth-order valence-corrected chi connectivity index (χ4v) is 3.96. The second kappa shape index (κ2) is 6.45. The molecule has 0 N–H and O–H groups in total. The molecule has 3 rings (SSSR count). The van der Waals surface area contributed by atoms with E-state index in [2.05, 4.69) is 15.9 Å². The van der Waals surface area contributed by atoms with Gasteiger partial charge in [0.15, 0.2) is 0 Å². The Hall–Kier alpha value is -2.45. The number of imidazole rings is 1. The molecule has 0 aliphatic carbocycles. The second-order valence-electron chi connectivity index (χ2n) is 5.35. The third-order valence-electron chi connectivity index (χ3n) is 3.65. The van der Waals surface area contributed by atoms with E-state index in [9.17, 15) is 18.0 Å². The molecule has 1 aromatic heterocycles. The van der Waals surface area contributed by atoms with Crippen LogP contribution in [-0.4, -0.2) is 22.9 Å². The predicted molar refractivity (Wildman–Crippen MR) is 96.3 cm³/mol. The van der Waals surface area contributed by atoms with Gasteiger partial charge >= 0.3 is 5.69 Å². The van der Waals surface area contributed by atoms with Crippen LogP contribution in [0.5, 0.6) is 0 Å². The van der Waals surface area contributed by atoms with Crippen molar-refractivity contribution < 1.29 is 13.2 Å². The zero-order valence-electron chi connectivity index (χ0n) is 13.1. The van der Waals surface area contributed by atoms with Crippen molar-refractivity contribution >= 4 is 31.9 Å². The summed E-state index contributed by atoms with van der Waals surface area (Å²) in [5.74, 6) is -0.615. The predicted octanol–water partition coefficient (Wildman–Crippen LogP) is 2.65. The van der Waals surface area contributed by atoms with Crippen molar-refractivity contribution in [1.82, 2.24) is 8.54 Å². The highest BCUT2D eigenvalue weighted by molar-refractivity contribution is 9.10. The van der Waals surface area contributed by atoms with E-state index in [0.29, 0.717) is 8.45 Å². The topological polar surface area (TPSA) is 78.1 Å². The molecule has 0 radical (unpaired) electrons. The van der Waals surface area contributed by atoms with Gasteiger partial charge in [-0.15, -0.1) is 0 Å². The molecule has 0 fully saturated rings. The van der Waals surface area contributed by atoms with E-state index in [1.54, 1.807) is 36.4 Å². The molecule has 0 aliphatic heterocycles. The Kier molecular flexibility index (Phi) is 4.49. The molecule has 8 heteroatoms. The smallest absolute Gasteiger partial charge is 0.268 e. The molecule has 0 saturated heterocycles. The minimum atomic E-state index is -4.07. The Morgan fingerprint density at radius 2 is 1.64 bits per heavy atom. The first-order chi connectivity index (χ1) is 11.8. The highest BCUT2D eigenvalue weighted by atomic mass is 79.9. The van der Waals surface area contributed by atoms with E-state index in [-0.39, 0.29) is 10.5 Å². The number of halogens is 1. The van der Waals surface area contributed by atoms with Crippen LogP contribution in [-0.2, 0) is 10.0 Å². The van der Waals surface area contributed by atoms with Crippen LogP contribution in [0.2, 0.25) is 0 Å². The summed E-state index contributed by atoms with van der Waals surface area (Å²) >= 11 is 3.25. The van der Waals surface area contributed by atoms with Crippen LogP contribution in [0.25, 0.3) is 0 Å². The molecule has 0 atom stereocenters. The first kappa shape index (κ1) is 17.4. The minimum Gasteiger partial charge on any atom is -0.268 e. The number of rotatable bonds is 3. The fourth-order valence-electron chi connectivity index (χ4n) is 2.29. The second-order valence-corrected chi connectivity index (χ2v) is 8.02. The molecule has 0 bridgehead atoms. The van der Waals surface area contributed by atoms with Crippen LogP contribution in [0.3, 0.4) is 0 Å². The molecule has 2 aromatic carbocycles. The van der Waals surface area contributed by atoms with Crippen molar-refractivity contribution in [2.75, 3.05) is 0 Å². The Bertz CT molecular complexity index is 1110. The highest BCUT2D eigenvalue weighted by Gasteiger charge is 2.23. The van der Waals surface area contributed by atoms with Gasteiger partial charge in [0.05, 0.1) is 10.5 Å². The molecule has 0 saturated carbocycles. The SMILES string of the molecule is Cc1ccc(S(=O)(=O)n2ccn(C(=O)c3ccccc3Br)c2=O)cc1. The van der Waals surface area contributed by atoms with Gasteiger partial charge < -0.3 is 0 Å². The summed E-state index contributed by atoms with van der Waals surface area (Å²) in [7, 11) is -4.07. The van der Waals surface area contributed by atoms with Crippen molar-refractivity contribution in [2.45, 2.75) is 11.8 Å². The lowest BCUT2D eigenvalue weighted by Crippen LogP contribution is -2.32. The van der Waals surface area contributed by atoms with Crippen molar-refractivity contribution in [1.29, 1.82) is 0 Å². The summed E-state index contributed by atoms with van der Waals surface area (Å²) in [6, 6.07) is 12.7. The quantitative estimate of drug-likeness (QED) is 0.652. The minimum absolute atomic E-state index is 0.0220. The van der Waals surface area contributed by atoms with E-state index < -0.39 is 21.6 Å². The Morgan fingerprint density at radius 1 is 1.00 bits per heavy atom. The van der Waals surface area contributed by atoms with Crippen molar-refractivity contribution in [3.63, 3.8) is 0 Å². The number of benzene rings is 2. The van der Waals surface area contributed by atoms with Crippen LogP contribution in [0.1, 0.15) is 15.9 Å². The normalized spacial score (nSPS) is 11.4. The van der Waals surface area contributed by atoms with Gasteiger partial charge in [0.25, 0.3) is 15.9 Å². The molecular weight excluding hydrogens is 408 g/mol. The summed E-state index contributed by atoms with van der Waals surface area (Å²) in [5.41, 5.74) is 0.212. The molecular formula is C17H13BrN2O4S. The average molecular weight is 421 g/mol. The van der Waals surface area contributed by atoms with E-state index in [1.807, 2.05) is 6.92 Å². The third-order valence-corrected chi connectivity index (χ3v) is 6.00. The van der Waals surface area contributed by atoms with E-state index >= 15 is 0 Å². The molecule has 128 valence electrons. The summed E-state index contributed by atoms with van der Waals surface area (Å²) in [4.78, 5) is 25.0. The van der Waals surface area contributed by atoms with Gasteiger partial charge in [-0.1, -0.05) is 29.8 Å². The van der Waals surface area contributed by atoms with E-state index in [0.717, 1.165) is 22.5 Å². The first-order valence-corrected chi connectivity index (χ1v) is 9.47. The Labute approximate surface area is 152 Å². The maximum atomic E-state index is 12.6. The number of hydrogen-bond acceptors (Lipinski definition) is 4. The van der Waals surface area contributed by atoms with Crippen LogP contribution >= 0.6 is 15.9 Å². The lowest BCUT2D eigenvalue weighted by atomic mass is 10.2. The lowest BCUT2D eigenvalue weighted by molar-refractivity contribution is 0.0955. The number of carbonyl (C=O) groups excluding carboxylic acids is 1. The van der Waals surface area contributed by atoms with Crippen molar-refractivity contribution in [2.24, 2.45) is 0 Å². The maximum absolute atomic E-state index is 12.6. The highest BCUT2D eigenvalue weighted by Crippen LogP contribution is 2.17. The standard InChI is InChI=1S/C17H13BrN2O4S/c1-12-6-8-13(9-7-12)25(23,24)20-11-10-19(17(20)22)16(21)14-4-2-3-5-15(14)18/h2-11H,1H3. The summed E-state index contributed by atoms with van der Waals surface area (Å²) < 4.78 is 27.1. The van der Waals surface area contributed by atoms with Gasteiger partial charge in [0, 0.05) is 16.9 Å². The third kappa shape index (κ3) is 3.10. The first-order valence-electron chi connectivity index (χ1n) is 7.24. The molecule has 25 heavy (non-hydrogen) atoms. The molecule has 6 nitrogen and oxygen atoms in total. The number of hydrogen-bond donors (Lipinski definition) is 0.